The first kappa shape index (κ1) is 24.1. The second-order valence-electron chi connectivity index (χ2n) is 8.12. The molecule has 3 nitrogen and oxygen atoms in total. The number of pyridine rings is 2. The minimum atomic E-state index is 0. The van der Waals surface area contributed by atoms with Crippen molar-refractivity contribution in [2.45, 2.75) is 6.92 Å². The molecule has 7 rings (SSSR count). The van der Waals surface area contributed by atoms with Gasteiger partial charge in [0.15, 0.2) is 0 Å². The van der Waals surface area contributed by atoms with E-state index in [1.54, 1.807) is 23.7 Å². The summed E-state index contributed by atoms with van der Waals surface area (Å²) in [6.45, 7) is 2.13. The maximum atomic E-state index is 6.30. The molecule has 0 unspecified atom stereocenters. The monoisotopic (exact) mass is 661 g/mol. The first-order valence-corrected chi connectivity index (χ1v) is 12.2. The quantitative estimate of drug-likeness (QED) is 0.175. The summed E-state index contributed by atoms with van der Waals surface area (Å²) in [4.78, 5) is 9.96. The predicted octanol–water partition coefficient (Wildman–Crippen LogP) is 8.52. The Labute approximate surface area is 226 Å². The van der Waals surface area contributed by atoms with E-state index in [1.807, 2.05) is 66.7 Å². The van der Waals surface area contributed by atoms with Gasteiger partial charge >= 0.3 is 0 Å². The Kier molecular flexibility index (Phi) is 7.06. The van der Waals surface area contributed by atoms with Crippen molar-refractivity contribution in [3.8, 4) is 22.5 Å². The zero-order valence-electron chi connectivity index (χ0n) is 19.4. The number of aromatic nitrogens is 2. The zero-order valence-corrected chi connectivity index (χ0v) is 22.6. The number of fused-ring (bicyclic) bond motifs is 5. The molecule has 0 fully saturated rings. The van der Waals surface area contributed by atoms with E-state index in [4.69, 9.17) is 4.42 Å². The summed E-state index contributed by atoms with van der Waals surface area (Å²) in [7, 11) is 0. The van der Waals surface area contributed by atoms with Crippen LogP contribution >= 0.6 is 11.3 Å². The number of furan rings is 1. The van der Waals surface area contributed by atoms with Crippen molar-refractivity contribution in [3.05, 3.63) is 120 Å². The molecule has 0 N–H and O–H groups in total. The Balaban J connectivity index is 0.000000175. The molecule has 0 spiro atoms. The van der Waals surface area contributed by atoms with Gasteiger partial charge in [-0.1, -0.05) is 47.3 Å². The third-order valence-corrected chi connectivity index (χ3v) is 6.84. The topological polar surface area (TPSA) is 38.9 Å². The molecule has 1 radical (unpaired) electrons. The number of thiophene rings is 1. The van der Waals surface area contributed by atoms with Crippen molar-refractivity contribution < 1.29 is 24.5 Å². The molecule has 4 aromatic heterocycles. The van der Waals surface area contributed by atoms with Crippen LogP contribution in [0.15, 0.2) is 108 Å². The third-order valence-electron chi connectivity index (χ3n) is 5.78. The molecule has 0 aliphatic heterocycles. The molecule has 0 saturated carbocycles. The van der Waals surface area contributed by atoms with Gasteiger partial charge < -0.3 is 14.4 Å². The summed E-state index contributed by atoms with van der Waals surface area (Å²) in [5, 5.41) is 3.51. The Morgan fingerprint density at radius 2 is 1.47 bits per heavy atom. The molecule has 177 valence electrons. The summed E-state index contributed by atoms with van der Waals surface area (Å²) >= 11 is 1.78. The molecule has 0 bridgehead atoms. The van der Waals surface area contributed by atoms with Gasteiger partial charge in [0.05, 0.1) is 10.3 Å². The number of hydrogen-bond acceptors (Lipinski definition) is 4. The third kappa shape index (κ3) is 4.61. The Morgan fingerprint density at radius 1 is 0.722 bits per heavy atom. The van der Waals surface area contributed by atoms with Crippen LogP contribution in [0.2, 0.25) is 0 Å². The van der Waals surface area contributed by atoms with E-state index < -0.39 is 0 Å². The number of rotatable bonds is 2. The van der Waals surface area contributed by atoms with E-state index >= 15 is 0 Å². The van der Waals surface area contributed by atoms with Crippen LogP contribution in [-0.4, -0.2) is 9.97 Å². The van der Waals surface area contributed by atoms with E-state index in [9.17, 15) is 0 Å². The van der Waals surface area contributed by atoms with Gasteiger partial charge in [-0.2, -0.15) is 0 Å². The Morgan fingerprint density at radius 3 is 2.19 bits per heavy atom. The van der Waals surface area contributed by atoms with Gasteiger partial charge in [0.1, 0.15) is 5.58 Å². The van der Waals surface area contributed by atoms with E-state index in [0.29, 0.717) is 0 Å². The predicted molar refractivity (Wildman–Crippen MR) is 144 cm³/mol. The smallest absolute Gasteiger partial charge is 0.138 e. The van der Waals surface area contributed by atoms with Crippen LogP contribution in [0.25, 0.3) is 54.5 Å². The molecule has 4 heterocycles. The maximum Gasteiger partial charge on any atom is 0.138 e. The molecule has 5 heteroatoms. The molecule has 0 atom stereocenters. The van der Waals surface area contributed by atoms with Crippen molar-refractivity contribution in [2.24, 2.45) is 0 Å². The molecule has 3 aromatic carbocycles. The van der Waals surface area contributed by atoms with E-state index in [0.717, 1.165) is 44.5 Å². The average molecular weight is 661 g/mol. The standard InChI is InChI=1S/C20H12NOS.C11H8N.Ir/c1-12-11-13-8-9-15-14-5-4-6-16(17-7-2-3-10-21-17)18(14)22-19(15)20(13)23-12;1-2-6-10(7-3-1)11-8-4-5-9-12-11;/h2-5,7-11H,1H3;1-6,8-9H;/q2*-1;. The largest absolute Gasteiger partial charge is 0.499 e. The molecule has 7 aromatic rings. The number of hydrogen-bond donors (Lipinski definition) is 0. The molecule has 0 aliphatic rings. The van der Waals surface area contributed by atoms with Crippen molar-refractivity contribution >= 4 is 43.4 Å². The van der Waals surface area contributed by atoms with Crippen LogP contribution in [0.3, 0.4) is 0 Å². The van der Waals surface area contributed by atoms with Crippen LogP contribution in [0.4, 0.5) is 0 Å². The fourth-order valence-electron chi connectivity index (χ4n) is 4.20. The van der Waals surface area contributed by atoms with Gasteiger partial charge in [-0.15, -0.1) is 65.4 Å². The van der Waals surface area contributed by atoms with Gasteiger partial charge in [0.25, 0.3) is 0 Å². The summed E-state index contributed by atoms with van der Waals surface area (Å²) < 4.78 is 7.52. The van der Waals surface area contributed by atoms with Gasteiger partial charge in [-0.25, -0.2) is 0 Å². The van der Waals surface area contributed by atoms with Crippen LogP contribution < -0.4 is 0 Å². The second kappa shape index (κ2) is 10.5. The average Bonchev–Trinajstić information content (AvgIpc) is 3.50. The normalized spacial score (nSPS) is 10.7. The zero-order chi connectivity index (χ0) is 23.6. The SMILES string of the molecule is Cc1cc2ccc3c4cc[c-]c(-c5ccccn5)c4oc3c2s1.[Ir].[c-]1ccccc1-c1ccccn1. The van der Waals surface area contributed by atoms with Gasteiger partial charge in [0.2, 0.25) is 0 Å². The number of aryl methyl sites for hydroxylation is 1. The molecular formula is C31H20IrN2OS-2. The summed E-state index contributed by atoms with van der Waals surface area (Å²) in [6.07, 6.45) is 3.58. The van der Waals surface area contributed by atoms with E-state index in [1.165, 1.54) is 15.0 Å². The van der Waals surface area contributed by atoms with Crippen molar-refractivity contribution in [1.29, 1.82) is 0 Å². The van der Waals surface area contributed by atoms with E-state index in [2.05, 4.69) is 53.3 Å². The van der Waals surface area contributed by atoms with E-state index in [-0.39, 0.29) is 20.1 Å². The van der Waals surface area contributed by atoms with Crippen LogP contribution in [0.5, 0.6) is 0 Å². The number of benzene rings is 3. The minimum absolute atomic E-state index is 0. The van der Waals surface area contributed by atoms with Crippen molar-refractivity contribution in [2.75, 3.05) is 0 Å². The van der Waals surface area contributed by atoms with Gasteiger partial charge in [0, 0.05) is 42.8 Å². The van der Waals surface area contributed by atoms with Crippen LogP contribution in [0, 0.1) is 19.1 Å². The first-order chi connectivity index (χ1) is 17.3. The van der Waals surface area contributed by atoms with Crippen LogP contribution in [-0.2, 0) is 20.1 Å². The summed E-state index contributed by atoms with van der Waals surface area (Å²) in [5.41, 5.74) is 5.64. The van der Waals surface area contributed by atoms with Gasteiger partial charge in [-0.3, -0.25) is 0 Å². The minimum Gasteiger partial charge on any atom is -0.499 e. The van der Waals surface area contributed by atoms with Crippen molar-refractivity contribution in [1.82, 2.24) is 9.97 Å². The first-order valence-electron chi connectivity index (χ1n) is 11.3. The molecular weight excluding hydrogens is 641 g/mol. The molecule has 0 amide bonds. The maximum absolute atomic E-state index is 6.30. The fraction of sp³-hybridized carbons (Fsp3) is 0.0323. The van der Waals surface area contributed by atoms with Crippen molar-refractivity contribution in [3.63, 3.8) is 0 Å². The summed E-state index contributed by atoms with van der Waals surface area (Å²) in [5.74, 6) is 0. The van der Waals surface area contributed by atoms with Gasteiger partial charge in [-0.05, 0) is 41.9 Å². The summed E-state index contributed by atoms with van der Waals surface area (Å²) in [6, 6.07) is 36.5. The molecule has 36 heavy (non-hydrogen) atoms. The second-order valence-corrected chi connectivity index (χ2v) is 9.38. The van der Waals surface area contributed by atoms with Crippen LogP contribution in [0.1, 0.15) is 4.88 Å². The number of nitrogens with zero attached hydrogens (tertiary/aromatic N) is 2. The Bertz CT molecular complexity index is 1710. The molecule has 0 aliphatic carbocycles. The Hall–Kier alpha value is -3.63. The fourth-order valence-corrected chi connectivity index (χ4v) is 5.20. The molecule has 0 saturated heterocycles.